The number of hydrogen-bond donors (Lipinski definition) is 1. The SMILES string of the molecule is O=C(O)c1ccc2ccn(CC3CCCC3)c2c1. The molecule has 1 saturated carbocycles. The summed E-state index contributed by atoms with van der Waals surface area (Å²) in [4.78, 5) is 11.0. The molecule has 0 aliphatic heterocycles. The molecule has 1 aromatic heterocycles. The van der Waals surface area contributed by atoms with Crippen LogP contribution in [0.1, 0.15) is 36.0 Å². The van der Waals surface area contributed by atoms with Gasteiger partial charge >= 0.3 is 5.97 Å². The summed E-state index contributed by atoms with van der Waals surface area (Å²) in [6, 6.07) is 7.41. The number of benzene rings is 1. The van der Waals surface area contributed by atoms with Crippen LogP contribution < -0.4 is 0 Å². The van der Waals surface area contributed by atoms with Crippen molar-refractivity contribution >= 4 is 16.9 Å². The van der Waals surface area contributed by atoms with E-state index in [-0.39, 0.29) is 0 Å². The van der Waals surface area contributed by atoms with E-state index >= 15 is 0 Å². The maximum absolute atomic E-state index is 11.0. The van der Waals surface area contributed by atoms with Gasteiger partial charge in [0.1, 0.15) is 0 Å². The number of carbonyl (C=O) groups is 1. The van der Waals surface area contributed by atoms with Crippen LogP contribution in [0.3, 0.4) is 0 Å². The Kier molecular flexibility index (Phi) is 2.82. The van der Waals surface area contributed by atoms with Crippen molar-refractivity contribution in [1.82, 2.24) is 4.57 Å². The lowest BCUT2D eigenvalue weighted by Gasteiger charge is -2.11. The molecule has 94 valence electrons. The van der Waals surface area contributed by atoms with Gasteiger partial charge in [-0.2, -0.15) is 0 Å². The second-order valence-electron chi connectivity index (χ2n) is 5.20. The number of rotatable bonds is 3. The molecule has 0 amide bonds. The fraction of sp³-hybridized carbons (Fsp3) is 0.400. The molecule has 3 heteroatoms. The maximum atomic E-state index is 11.0. The Labute approximate surface area is 106 Å². The van der Waals surface area contributed by atoms with Crippen LogP contribution in [0, 0.1) is 5.92 Å². The van der Waals surface area contributed by atoms with Gasteiger partial charge in [-0.25, -0.2) is 4.79 Å². The molecule has 0 atom stereocenters. The van der Waals surface area contributed by atoms with Crippen molar-refractivity contribution in [1.29, 1.82) is 0 Å². The smallest absolute Gasteiger partial charge is 0.335 e. The van der Waals surface area contributed by atoms with Crippen molar-refractivity contribution in [3.63, 3.8) is 0 Å². The van der Waals surface area contributed by atoms with E-state index < -0.39 is 5.97 Å². The standard InChI is InChI=1S/C15H17NO2/c17-15(18)13-6-5-12-7-8-16(14(12)9-13)10-11-3-1-2-4-11/h5-9,11H,1-4,10H2,(H,17,18). The molecule has 0 saturated heterocycles. The molecule has 0 radical (unpaired) electrons. The average molecular weight is 243 g/mol. The van der Waals surface area contributed by atoms with Crippen LogP contribution in [0.15, 0.2) is 30.5 Å². The fourth-order valence-corrected chi connectivity index (χ4v) is 2.95. The second kappa shape index (κ2) is 4.48. The summed E-state index contributed by atoms with van der Waals surface area (Å²) >= 11 is 0. The predicted molar refractivity (Wildman–Crippen MR) is 70.9 cm³/mol. The monoisotopic (exact) mass is 243 g/mol. The number of aromatic carboxylic acids is 1. The first-order chi connectivity index (χ1) is 8.74. The van der Waals surface area contributed by atoms with Crippen molar-refractivity contribution < 1.29 is 9.90 Å². The second-order valence-corrected chi connectivity index (χ2v) is 5.20. The lowest BCUT2D eigenvalue weighted by Crippen LogP contribution is -2.06. The van der Waals surface area contributed by atoms with Crippen LogP contribution in [-0.2, 0) is 6.54 Å². The van der Waals surface area contributed by atoms with E-state index in [2.05, 4.69) is 16.8 Å². The highest BCUT2D eigenvalue weighted by Crippen LogP contribution is 2.28. The Hall–Kier alpha value is -1.77. The first-order valence-electron chi connectivity index (χ1n) is 6.56. The topological polar surface area (TPSA) is 42.2 Å². The van der Waals surface area contributed by atoms with Crippen LogP contribution in [0.4, 0.5) is 0 Å². The van der Waals surface area contributed by atoms with Gasteiger partial charge in [-0.15, -0.1) is 0 Å². The lowest BCUT2D eigenvalue weighted by molar-refractivity contribution is 0.0697. The molecule has 1 aliphatic carbocycles. The van der Waals surface area contributed by atoms with Crippen molar-refractivity contribution in [3.8, 4) is 0 Å². The van der Waals surface area contributed by atoms with E-state index in [1.807, 2.05) is 6.07 Å². The van der Waals surface area contributed by atoms with Gasteiger partial charge in [0, 0.05) is 18.3 Å². The van der Waals surface area contributed by atoms with E-state index in [1.54, 1.807) is 12.1 Å². The molecule has 0 bridgehead atoms. The molecule has 0 spiro atoms. The molecular weight excluding hydrogens is 226 g/mol. The van der Waals surface area contributed by atoms with Crippen molar-refractivity contribution in [3.05, 3.63) is 36.0 Å². The van der Waals surface area contributed by atoms with Gasteiger partial charge in [0.2, 0.25) is 0 Å². The van der Waals surface area contributed by atoms with Gasteiger partial charge in [0.05, 0.1) is 5.56 Å². The zero-order chi connectivity index (χ0) is 12.5. The van der Waals surface area contributed by atoms with Gasteiger partial charge in [-0.3, -0.25) is 0 Å². The van der Waals surface area contributed by atoms with Gasteiger partial charge in [-0.05, 0) is 42.3 Å². The van der Waals surface area contributed by atoms with Crippen molar-refractivity contribution in [2.75, 3.05) is 0 Å². The van der Waals surface area contributed by atoms with Crippen LogP contribution >= 0.6 is 0 Å². The van der Waals surface area contributed by atoms with Gasteiger partial charge in [0.15, 0.2) is 0 Å². The normalized spacial score (nSPS) is 16.4. The van der Waals surface area contributed by atoms with Gasteiger partial charge in [-0.1, -0.05) is 18.9 Å². The Morgan fingerprint density at radius 1 is 1.28 bits per heavy atom. The van der Waals surface area contributed by atoms with Crippen LogP contribution in [-0.4, -0.2) is 15.6 Å². The van der Waals surface area contributed by atoms with E-state index in [9.17, 15) is 4.79 Å². The highest BCUT2D eigenvalue weighted by atomic mass is 16.4. The highest BCUT2D eigenvalue weighted by molar-refractivity contribution is 5.93. The summed E-state index contributed by atoms with van der Waals surface area (Å²) in [5, 5.41) is 10.2. The molecule has 18 heavy (non-hydrogen) atoms. The molecule has 3 rings (SSSR count). The minimum atomic E-state index is -0.856. The molecule has 0 unspecified atom stereocenters. The van der Waals surface area contributed by atoms with Crippen molar-refractivity contribution in [2.45, 2.75) is 32.2 Å². The lowest BCUT2D eigenvalue weighted by atomic mass is 10.1. The number of carboxylic acid groups (broad SMARTS) is 1. The Morgan fingerprint density at radius 2 is 2.06 bits per heavy atom. The number of hydrogen-bond acceptors (Lipinski definition) is 1. The van der Waals surface area contributed by atoms with E-state index in [0.29, 0.717) is 5.56 Å². The zero-order valence-electron chi connectivity index (χ0n) is 10.3. The predicted octanol–water partition coefficient (Wildman–Crippen LogP) is 3.53. The van der Waals surface area contributed by atoms with Gasteiger partial charge in [0.25, 0.3) is 0 Å². The summed E-state index contributed by atoms with van der Waals surface area (Å²) in [5.41, 5.74) is 1.41. The average Bonchev–Trinajstić information content (AvgIpc) is 2.99. The zero-order valence-corrected chi connectivity index (χ0v) is 10.3. The van der Waals surface area contributed by atoms with Crippen LogP contribution in [0.5, 0.6) is 0 Å². The molecule has 1 fully saturated rings. The van der Waals surface area contributed by atoms with Gasteiger partial charge < -0.3 is 9.67 Å². The number of aromatic nitrogens is 1. The Morgan fingerprint density at radius 3 is 2.78 bits per heavy atom. The summed E-state index contributed by atoms with van der Waals surface area (Å²) < 4.78 is 2.21. The van der Waals surface area contributed by atoms with E-state index in [1.165, 1.54) is 25.7 Å². The molecule has 1 N–H and O–H groups in total. The Bertz CT molecular complexity index is 579. The first kappa shape index (κ1) is 11.3. The summed E-state index contributed by atoms with van der Waals surface area (Å²) in [5.74, 6) is -0.0976. The number of nitrogens with zero attached hydrogens (tertiary/aromatic N) is 1. The minimum Gasteiger partial charge on any atom is -0.478 e. The molecule has 3 nitrogen and oxygen atoms in total. The van der Waals surface area contributed by atoms with E-state index in [0.717, 1.165) is 23.4 Å². The first-order valence-corrected chi connectivity index (χ1v) is 6.56. The molecule has 1 aliphatic rings. The van der Waals surface area contributed by atoms with Crippen molar-refractivity contribution in [2.24, 2.45) is 5.92 Å². The third kappa shape index (κ3) is 2.01. The van der Waals surface area contributed by atoms with E-state index in [4.69, 9.17) is 5.11 Å². The summed E-state index contributed by atoms with van der Waals surface area (Å²) in [6.07, 6.45) is 7.36. The third-order valence-electron chi connectivity index (χ3n) is 3.95. The molecule has 1 aromatic carbocycles. The van der Waals surface area contributed by atoms with Crippen LogP contribution in [0.25, 0.3) is 10.9 Å². The fourth-order valence-electron chi connectivity index (χ4n) is 2.95. The van der Waals surface area contributed by atoms with Crippen LogP contribution in [0.2, 0.25) is 0 Å². The third-order valence-corrected chi connectivity index (χ3v) is 3.95. The number of fused-ring (bicyclic) bond motifs is 1. The molecule has 1 heterocycles. The molecule has 2 aromatic rings. The highest BCUT2D eigenvalue weighted by Gasteiger charge is 2.16. The molecular formula is C15H17NO2. The largest absolute Gasteiger partial charge is 0.478 e. The maximum Gasteiger partial charge on any atom is 0.335 e. The minimum absolute atomic E-state index is 0.369. The summed E-state index contributed by atoms with van der Waals surface area (Å²) in [6.45, 7) is 1.02. The number of carboxylic acids is 1. The Balaban J connectivity index is 1.95. The summed E-state index contributed by atoms with van der Waals surface area (Å²) in [7, 11) is 0. The quantitative estimate of drug-likeness (QED) is 0.896.